The van der Waals surface area contributed by atoms with E-state index >= 15 is 0 Å². The van der Waals surface area contributed by atoms with Crippen molar-refractivity contribution in [3.8, 4) is 0 Å². The lowest BCUT2D eigenvalue weighted by molar-refractivity contribution is -0.702. The van der Waals surface area contributed by atoms with E-state index in [0.717, 1.165) is 12.8 Å². The summed E-state index contributed by atoms with van der Waals surface area (Å²) in [6.45, 7) is 2.73. The Morgan fingerprint density at radius 3 is 1.20 bits per heavy atom. The quantitative estimate of drug-likeness (QED) is 0.124. The smallest absolute Gasteiger partial charge is 0.0855 e. The molecule has 0 aliphatic heterocycles. The van der Waals surface area contributed by atoms with E-state index in [1.807, 2.05) is 0 Å². The van der Waals surface area contributed by atoms with Crippen LogP contribution < -0.4 is 0 Å². The summed E-state index contributed by atoms with van der Waals surface area (Å²) >= 11 is 0. The van der Waals surface area contributed by atoms with Gasteiger partial charge in [0.05, 0.1) is 6.61 Å². The zero-order valence-corrected chi connectivity index (χ0v) is 16.5. The SMILES string of the molecule is CCCCCCCCCCCCCCCCCCCCOOOOO. The molecule has 0 heterocycles. The number of hydrogen-bond acceptors (Lipinski definition) is 5. The maximum atomic E-state index is 7.80. The van der Waals surface area contributed by atoms with E-state index in [-0.39, 0.29) is 0 Å². The van der Waals surface area contributed by atoms with Crippen LogP contribution in [-0.2, 0) is 20.0 Å². The van der Waals surface area contributed by atoms with Gasteiger partial charge in [0.25, 0.3) is 0 Å². The first kappa shape index (κ1) is 24.8. The predicted octanol–water partition coefficient (Wildman–Crippen LogP) is 7.31. The molecule has 0 aromatic heterocycles. The molecule has 0 aliphatic rings. The van der Waals surface area contributed by atoms with Crippen LogP contribution in [0.15, 0.2) is 0 Å². The van der Waals surface area contributed by atoms with Crippen molar-refractivity contribution in [2.75, 3.05) is 6.61 Å². The second-order valence-electron chi connectivity index (χ2n) is 7.04. The first-order valence-electron chi connectivity index (χ1n) is 10.7. The normalized spacial score (nSPS) is 11.3. The third-order valence-electron chi connectivity index (χ3n) is 4.69. The van der Waals surface area contributed by atoms with Crippen molar-refractivity contribution in [3.63, 3.8) is 0 Å². The zero-order valence-electron chi connectivity index (χ0n) is 16.5. The van der Waals surface area contributed by atoms with Gasteiger partial charge in [-0.15, -0.1) is 0 Å². The fourth-order valence-corrected chi connectivity index (χ4v) is 3.13. The Balaban J connectivity index is 2.94. The van der Waals surface area contributed by atoms with Gasteiger partial charge in [-0.05, 0) is 21.5 Å². The highest BCUT2D eigenvalue weighted by Gasteiger charge is 1.95. The standard InChI is InChI=1S/C20H42O5/c1-2-3-4-5-6-7-8-9-10-11-12-13-14-15-16-17-18-19-20-22-24-25-23-21/h21H,2-20H2,1H3. The highest BCUT2D eigenvalue weighted by atomic mass is 17.8. The minimum atomic E-state index is 0.447. The lowest BCUT2D eigenvalue weighted by Crippen LogP contribution is -1.97. The van der Waals surface area contributed by atoms with E-state index in [2.05, 4.69) is 26.9 Å². The molecule has 0 rings (SSSR count). The van der Waals surface area contributed by atoms with Crippen LogP contribution in [0.25, 0.3) is 0 Å². The third-order valence-corrected chi connectivity index (χ3v) is 4.69. The van der Waals surface area contributed by atoms with Crippen LogP contribution in [0.5, 0.6) is 0 Å². The Kier molecular flexibility index (Phi) is 23.6. The Labute approximate surface area is 155 Å². The third kappa shape index (κ3) is 23.8. The van der Waals surface area contributed by atoms with Crippen molar-refractivity contribution in [1.82, 2.24) is 0 Å². The van der Waals surface area contributed by atoms with Crippen LogP contribution in [-0.4, -0.2) is 11.9 Å². The minimum absolute atomic E-state index is 0.447. The van der Waals surface area contributed by atoms with Gasteiger partial charge in [0, 0.05) is 0 Å². The molecular weight excluding hydrogens is 320 g/mol. The van der Waals surface area contributed by atoms with Crippen molar-refractivity contribution in [3.05, 3.63) is 0 Å². The second kappa shape index (κ2) is 23.8. The second-order valence-corrected chi connectivity index (χ2v) is 7.04. The van der Waals surface area contributed by atoms with Crippen LogP contribution in [0.1, 0.15) is 122 Å². The maximum absolute atomic E-state index is 7.80. The number of unbranched alkanes of at least 4 members (excludes halogenated alkanes) is 17. The topological polar surface area (TPSA) is 57.2 Å². The average molecular weight is 363 g/mol. The van der Waals surface area contributed by atoms with Gasteiger partial charge in [-0.3, -0.25) is 0 Å². The molecule has 0 aromatic carbocycles. The van der Waals surface area contributed by atoms with Crippen molar-refractivity contribution in [2.24, 2.45) is 0 Å². The van der Waals surface area contributed by atoms with E-state index in [4.69, 9.17) is 5.26 Å². The molecule has 0 bridgehead atoms. The summed E-state index contributed by atoms with van der Waals surface area (Å²) in [5, 5.41) is 18.8. The molecule has 0 fully saturated rings. The predicted molar refractivity (Wildman–Crippen MR) is 101 cm³/mol. The van der Waals surface area contributed by atoms with E-state index in [1.54, 1.807) is 0 Å². The summed E-state index contributed by atoms with van der Waals surface area (Å²) in [4.78, 5) is 4.60. The van der Waals surface area contributed by atoms with Crippen LogP contribution in [0.4, 0.5) is 0 Å². The van der Waals surface area contributed by atoms with E-state index < -0.39 is 0 Å². The minimum Gasteiger partial charge on any atom is -0.219 e. The van der Waals surface area contributed by atoms with Crippen molar-refractivity contribution in [1.29, 1.82) is 0 Å². The van der Waals surface area contributed by atoms with Crippen LogP contribution >= 0.6 is 0 Å². The Bertz CT molecular complexity index is 204. The molecule has 1 N–H and O–H groups in total. The first-order chi connectivity index (χ1) is 12.4. The van der Waals surface area contributed by atoms with Crippen LogP contribution in [0.3, 0.4) is 0 Å². The van der Waals surface area contributed by atoms with Gasteiger partial charge in [-0.25, -0.2) is 10.1 Å². The molecule has 0 atom stereocenters. The molecule has 0 unspecified atom stereocenters. The van der Waals surface area contributed by atoms with E-state index in [9.17, 15) is 0 Å². The Hall–Kier alpha value is -0.200. The fraction of sp³-hybridized carbons (Fsp3) is 1.00. The summed E-state index contributed by atoms with van der Waals surface area (Å²) in [5.41, 5.74) is 0. The van der Waals surface area contributed by atoms with Crippen molar-refractivity contribution < 1.29 is 25.3 Å². The van der Waals surface area contributed by atoms with E-state index in [1.165, 1.54) is 103 Å². The van der Waals surface area contributed by atoms with Gasteiger partial charge in [-0.2, -0.15) is 0 Å². The maximum Gasteiger partial charge on any atom is 0.0855 e. The van der Waals surface area contributed by atoms with Gasteiger partial charge < -0.3 is 0 Å². The lowest BCUT2D eigenvalue weighted by atomic mass is 10.0. The summed E-state index contributed by atoms with van der Waals surface area (Å²) in [6, 6.07) is 0. The van der Waals surface area contributed by atoms with Gasteiger partial charge in [0.15, 0.2) is 0 Å². The molecular formula is C20H42O5. The van der Waals surface area contributed by atoms with Crippen LogP contribution in [0.2, 0.25) is 0 Å². The molecule has 152 valence electrons. The largest absolute Gasteiger partial charge is 0.219 e. The van der Waals surface area contributed by atoms with Gasteiger partial charge in [0.1, 0.15) is 0 Å². The number of hydrogen-bond donors (Lipinski definition) is 1. The summed E-state index contributed by atoms with van der Waals surface area (Å²) in [7, 11) is 0. The van der Waals surface area contributed by atoms with Gasteiger partial charge in [0.2, 0.25) is 0 Å². The van der Waals surface area contributed by atoms with Crippen molar-refractivity contribution >= 4 is 0 Å². The van der Waals surface area contributed by atoms with Crippen molar-refractivity contribution in [2.45, 2.75) is 122 Å². The molecule has 5 nitrogen and oxygen atoms in total. The average Bonchev–Trinajstić information content (AvgIpc) is 2.63. The monoisotopic (exact) mass is 362 g/mol. The molecule has 0 saturated heterocycles. The summed E-state index contributed by atoms with van der Waals surface area (Å²) < 4.78 is 0. The molecule has 0 aliphatic carbocycles. The van der Waals surface area contributed by atoms with Gasteiger partial charge in [-0.1, -0.05) is 116 Å². The highest BCUT2D eigenvalue weighted by molar-refractivity contribution is 4.50. The Morgan fingerprint density at radius 2 is 0.840 bits per heavy atom. The van der Waals surface area contributed by atoms with Crippen LogP contribution in [0, 0.1) is 0 Å². The highest BCUT2D eigenvalue weighted by Crippen LogP contribution is 2.14. The zero-order chi connectivity index (χ0) is 18.3. The molecule has 0 aromatic rings. The molecule has 0 amide bonds. The van der Waals surface area contributed by atoms with E-state index in [0.29, 0.717) is 6.61 Å². The summed E-state index contributed by atoms with van der Waals surface area (Å²) in [5.74, 6) is 0. The fourth-order valence-electron chi connectivity index (χ4n) is 3.13. The molecule has 0 saturated carbocycles. The lowest BCUT2D eigenvalue weighted by Gasteiger charge is -2.04. The summed E-state index contributed by atoms with van der Waals surface area (Å²) in [6.07, 6.45) is 24.4. The molecule has 25 heavy (non-hydrogen) atoms. The molecule has 5 heteroatoms. The molecule has 0 radical (unpaired) electrons. The first-order valence-corrected chi connectivity index (χ1v) is 10.7. The van der Waals surface area contributed by atoms with Gasteiger partial charge >= 0.3 is 0 Å². The number of rotatable bonds is 22. The Morgan fingerprint density at radius 1 is 0.480 bits per heavy atom. The molecule has 0 spiro atoms.